The van der Waals surface area contributed by atoms with E-state index in [1.165, 1.54) is 0 Å². The molecule has 4 heterocycles. The topological polar surface area (TPSA) is 218 Å². The largest absolute Gasteiger partial charge is 0.454 e. The van der Waals surface area contributed by atoms with E-state index < -0.39 is 19.1 Å². The Balaban J connectivity index is 0.000000206. The molecule has 53 heavy (non-hydrogen) atoms. The third-order valence-corrected chi connectivity index (χ3v) is 7.66. The highest BCUT2D eigenvalue weighted by atomic mass is 16.7. The van der Waals surface area contributed by atoms with Gasteiger partial charge in [0.15, 0.2) is 23.0 Å². The fraction of sp³-hybridized carbons (Fsp3) is 0.353. The van der Waals surface area contributed by atoms with E-state index in [2.05, 4.69) is 58.8 Å². The molecule has 2 aromatic carbocycles. The first-order chi connectivity index (χ1) is 25.5. The molecule has 19 heteroatoms. The number of aryl methyl sites for hydroxylation is 2. The number of likely N-dealkylation sites (N-methyl/N-ethyl adjacent to an activating group) is 1. The highest BCUT2D eigenvalue weighted by Crippen LogP contribution is 2.35. The average Bonchev–Trinajstić information content (AvgIpc) is 3.77. The normalized spacial score (nSPS) is 12.0. The standard InChI is InChI=1S/C17H23BN6O4.C17H21N5O3/c1-11-8-15(19-6-7-24(3)18(2)26)22-16(20-11)23-17(25)21-12-4-5-13-14(9-12)28-10-27-13;1-3-4-7-18-15-8-11(2)19-16(21-15)22-17(23)20-12-5-6-13-14(9-12)25-10-24-13/h4-5,8-9,26H,6-7,10H2,1-3H3,(H3,19,20,21,22,23,25);5-6,8-9H,3-4,7,10H2,1-2H3,(H3,18,19,20,21,22,23). The quantitative estimate of drug-likeness (QED) is 0.0714. The van der Waals surface area contributed by atoms with Crippen LogP contribution in [0.2, 0.25) is 6.82 Å². The summed E-state index contributed by atoms with van der Waals surface area (Å²) in [5, 5.41) is 26.6. The summed E-state index contributed by atoms with van der Waals surface area (Å²) in [7, 11) is 1.30. The molecule has 0 spiro atoms. The van der Waals surface area contributed by atoms with E-state index in [-0.39, 0.29) is 25.5 Å². The molecular formula is C34H44BN11O7. The Morgan fingerprint density at radius 1 is 0.717 bits per heavy atom. The number of ether oxygens (including phenoxy) is 4. The van der Waals surface area contributed by atoms with Crippen molar-refractivity contribution in [3.05, 3.63) is 59.9 Å². The molecule has 0 aliphatic carbocycles. The van der Waals surface area contributed by atoms with Crippen molar-refractivity contribution in [1.29, 1.82) is 0 Å². The highest BCUT2D eigenvalue weighted by Gasteiger charge is 2.16. The van der Waals surface area contributed by atoms with E-state index in [1.54, 1.807) is 54.1 Å². The summed E-state index contributed by atoms with van der Waals surface area (Å²) in [6.07, 6.45) is 2.15. The Kier molecular flexibility index (Phi) is 13.3. The van der Waals surface area contributed by atoms with Gasteiger partial charge in [-0.25, -0.2) is 19.6 Å². The van der Waals surface area contributed by atoms with Crippen molar-refractivity contribution in [2.75, 3.05) is 72.2 Å². The monoisotopic (exact) mass is 729 g/mol. The van der Waals surface area contributed by atoms with Gasteiger partial charge in [0.25, 0.3) is 0 Å². The molecule has 18 nitrogen and oxygen atoms in total. The second kappa shape index (κ2) is 18.4. The summed E-state index contributed by atoms with van der Waals surface area (Å²) in [6, 6.07) is 13.1. The fourth-order valence-corrected chi connectivity index (χ4v) is 4.85. The Bertz CT molecular complexity index is 1890. The number of nitrogens with zero attached hydrogens (tertiary/aromatic N) is 5. The number of urea groups is 2. The van der Waals surface area contributed by atoms with Crippen LogP contribution < -0.4 is 50.8 Å². The lowest BCUT2D eigenvalue weighted by Gasteiger charge is -2.17. The Labute approximate surface area is 307 Å². The van der Waals surface area contributed by atoms with Crippen LogP contribution in [0.15, 0.2) is 48.5 Å². The number of aromatic nitrogens is 4. The van der Waals surface area contributed by atoms with Crippen molar-refractivity contribution in [2.45, 2.75) is 40.4 Å². The minimum atomic E-state index is -0.522. The molecule has 0 atom stereocenters. The molecule has 0 saturated heterocycles. The predicted molar refractivity (Wildman–Crippen MR) is 202 cm³/mol. The zero-order valence-electron chi connectivity index (χ0n) is 30.3. The van der Waals surface area contributed by atoms with Crippen molar-refractivity contribution >= 4 is 54.0 Å². The first-order valence-electron chi connectivity index (χ1n) is 17.1. The van der Waals surface area contributed by atoms with Gasteiger partial charge in [0, 0.05) is 66.7 Å². The van der Waals surface area contributed by atoms with E-state index in [9.17, 15) is 14.6 Å². The molecule has 0 unspecified atom stereocenters. The Morgan fingerprint density at radius 2 is 1.19 bits per heavy atom. The van der Waals surface area contributed by atoms with Crippen molar-refractivity contribution in [1.82, 2.24) is 24.7 Å². The minimum absolute atomic E-state index is 0.172. The molecule has 4 aromatic rings. The summed E-state index contributed by atoms with van der Waals surface area (Å²) in [5.74, 6) is 4.21. The zero-order valence-corrected chi connectivity index (χ0v) is 30.3. The number of nitrogens with one attached hydrogen (secondary N) is 6. The predicted octanol–water partition coefficient (Wildman–Crippen LogP) is 4.98. The summed E-state index contributed by atoms with van der Waals surface area (Å²) >= 11 is 0. The van der Waals surface area contributed by atoms with Crippen LogP contribution in [0.25, 0.3) is 0 Å². The lowest BCUT2D eigenvalue weighted by molar-refractivity contribution is 0.173. The lowest BCUT2D eigenvalue weighted by Crippen LogP contribution is -2.36. The average molecular weight is 730 g/mol. The maximum absolute atomic E-state index is 12.3. The van der Waals surface area contributed by atoms with Crippen molar-refractivity contribution in [3.63, 3.8) is 0 Å². The smallest absolute Gasteiger partial charge is 0.376 e. The molecule has 0 saturated carbocycles. The maximum Gasteiger partial charge on any atom is 0.376 e. The van der Waals surface area contributed by atoms with Gasteiger partial charge in [-0.3, -0.25) is 10.6 Å². The number of amides is 4. The van der Waals surface area contributed by atoms with Gasteiger partial charge in [0.05, 0.1) is 0 Å². The first-order valence-corrected chi connectivity index (χ1v) is 17.1. The van der Waals surface area contributed by atoms with Crippen LogP contribution in [-0.4, -0.2) is 89.2 Å². The molecule has 2 aliphatic heterocycles. The third-order valence-electron chi connectivity index (χ3n) is 7.66. The molecule has 2 aromatic heterocycles. The van der Waals surface area contributed by atoms with Crippen molar-refractivity contribution in [3.8, 4) is 23.0 Å². The molecule has 280 valence electrons. The number of carbonyl (C=O) groups excluding carboxylic acids is 2. The zero-order chi connectivity index (χ0) is 37.7. The maximum atomic E-state index is 12.3. The van der Waals surface area contributed by atoms with E-state index in [0.29, 0.717) is 64.8 Å². The van der Waals surface area contributed by atoms with Gasteiger partial charge in [-0.1, -0.05) is 13.3 Å². The van der Waals surface area contributed by atoms with Gasteiger partial charge in [-0.05, 0) is 58.4 Å². The van der Waals surface area contributed by atoms with Gasteiger partial charge < -0.3 is 50.0 Å². The van der Waals surface area contributed by atoms with Crippen LogP contribution in [-0.2, 0) is 0 Å². The molecular weight excluding hydrogens is 685 g/mol. The van der Waals surface area contributed by atoms with Crippen LogP contribution in [0.3, 0.4) is 0 Å². The van der Waals surface area contributed by atoms with E-state index in [1.807, 2.05) is 27.0 Å². The minimum Gasteiger partial charge on any atom is -0.454 e. The fourth-order valence-electron chi connectivity index (χ4n) is 4.85. The third kappa shape index (κ3) is 11.7. The summed E-state index contributed by atoms with van der Waals surface area (Å²) in [5.41, 5.74) is 2.64. The number of unbranched alkanes of at least 4 members (excludes halogenated alkanes) is 1. The van der Waals surface area contributed by atoms with Crippen molar-refractivity contribution < 1.29 is 33.6 Å². The lowest BCUT2D eigenvalue weighted by atomic mass is 9.86. The molecule has 0 fully saturated rings. The number of carbonyl (C=O) groups is 2. The Hall–Kier alpha value is -6.08. The number of fused-ring (bicyclic) bond motifs is 2. The molecule has 7 N–H and O–H groups in total. The number of benzene rings is 2. The second-order valence-corrected chi connectivity index (χ2v) is 12.1. The number of hydrogen-bond donors (Lipinski definition) is 7. The van der Waals surface area contributed by atoms with Gasteiger partial charge in [0.1, 0.15) is 11.6 Å². The van der Waals surface area contributed by atoms with Crippen LogP contribution in [0.5, 0.6) is 23.0 Å². The molecule has 0 radical (unpaired) electrons. The molecule has 4 amide bonds. The van der Waals surface area contributed by atoms with E-state index in [4.69, 9.17) is 18.9 Å². The van der Waals surface area contributed by atoms with E-state index in [0.717, 1.165) is 25.1 Å². The molecule has 6 rings (SSSR count). The van der Waals surface area contributed by atoms with Crippen LogP contribution in [0.1, 0.15) is 31.2 Å². The van der Waals surface area contributed by atoms with Gasteiger partial charge in [0.2, 0.25) is 25.5 Å². The number of hydrogen-bond acceptors (Lipinski definition) is 14. The highest BCUT2D eigenvalue weighted by molar-refractivity contribution is 6.45. The molecule has 2 aliphatic rings. The summed E-state index contributed by atoms with van der Waals surface area (Å²) in [6.45, 7) is 9.91. The van der Waals surface area contributed by atoms with Crippen LogP contribution in [0, 0.1) is 13.8 Å². The second-order valence-electron chi connectivity index (χ2n) is 12.1. The van der Waals surface area contributed by atoms with Crippen LogP contribution >= 0.6 is 0 Å². The molecule has 0 bridgehead atoms. The van der Waals surface area contributed by atoms with Crippen LogP contribution in [0.4, 0.5) is 44.5 Å². The Morgan fingerprint density at radius 3 is 1.66 bits per heavy atom. The number of rotatable bonds is 13. The van der Waals surface area contributed by atoms with Crippen molar-refractivity contribution in [2.24, 2.45) is 0 Å². The number of anilines is 6. The van der Waals surface area contributed by atoms with Gasteiger partial charge in [-0.15, -0.1) is 0 Å². The van der Waals surface area contributed by atoms with Gasteiger partial charge in [-0.2, -0.15) is 9.97 Å². The SMILES string of the molecule is CB(O)N(C)CCNc1cc(C)nc(NC(=O)Nc2ccc3c(c2)OCO3)n1.CCCCNc1cc(C)nc(NC(=O)Nc2ccc3c(c2)OCO3)n1. The summed E-state index contributed by atoms with van der Waals surface area (Å²) in [4.78, 5) is 43.3. The first kappa shape index (κ1) is 38.2. The summed E-state index contributed by atoms with van der Waals surface area (Å²) < 4.78 is 21.1. The van der Waals surface area contributed by atoms with Gasteiger partial charge >= 0.3 is 19.1 Å². The van der Waals surface area contributed by atoms with E-state index >= 15 is 0 Å².